The second-order valence-electron chi connectivity index (χ2n) is 31.7. The Morgan fingerprint density at radius 2 is 1.12 bits per heavy atom. The minimum absolute atomic E-state index is 0.0115. The molecule has 5 fully saturated rings. The van der Waals surface area contributed by atoms with E-state index < -0.39 is 216 Å². The van der Waals surface area contributed by atoms with Gasteiger partial charge in [0.05, 0.1) is 30.5 Å². The van der Waals surface area contributed by atoms with Crippen molar-refractivity contribution in [3.8, 4) is 11.1 Å². The molecule has 580 valence electrons. The highest BCUT2D eigenvalue weighted by molar-refractivity contribution is 6.01. The van der Waals surface area contributed by atoms with Crippen LogP contribution in [0.1, 0.15) is 147 Å². The summed E-state index contributed by atoms with van der Waals surface area (Å²) in [5, 5.41) is 102. The van der Waals surface area contributed by atoms with Crippen LogP contribution in [0.25, 0.3) is 11.1 Å². The molecule has 7 aliphatic rings. The summed E-state index contributed by atoms with van der Waals surface area (Å²) in [7, 11) is 1.58. The lowest BCUT2D eigenvalue weighted by Crippen LogP contribution is -2.68. The third-order valence-electron chi connectivity index (χ3n) is 21.2. The summed E-state index contributed by atoms with van der Waals surface area (Å²) in [4.78, 5) is 164. The number of fused-ring (bicyclic) bond motifs is 9. The van der Waals surface area contributed by atoms with Gasteiger partial charge in [0.15, 0.2) is 0 Å². The van der Waals surface area contributed by atoms with Gasteiger partial charge in [-0.25, -0.2) is 10.9 Å². The quantitative estimate of drug-likeness (QED) is 0.0650. The molecule has 18 N–H and O–H groups in total. The topological polar surface area (TPSA) is 466 Å². The van der Waals surface area contributed by atoms with Gasteiger partial charge in [0.2, 0.25) is 53.2 Å². The Hall–Kier alpha value is -8.15. The van der Waals surface area contributed by atoms with Crippen LogP contribution in [0.4, 0.5) is 11.4 Å². The van der Waals surface area contributed by atoms with E-state index in [0.29, 0.717) is 35.3 Å². The number of likely N-dealkylation sites (tertiary alicyclic amines) is 1. The van der Waals surface area contributed by atoms with Crippen molar-refractivity contribution in [1.29, 1.82) is 0 Å². The Morgan fingerprint density at radius 1 is 0.571 bits per heavy atom. The van der Waals surface area contributed by atoms with Crippen LogP contribution in [0.2, 0.25) is 0 Å². The molecular weight excluding hydrogens is 1360 g/mol. The molecule has 19 atom stereocenters. The average molecular weight is 1470 g/mol. The average Bonchev–Trinajstić information content (AvgIpc) is 1.55. The van der Waals surface area contributed by atoms with Crippen LogP contribution in [0, 0.1) is 35.5 Å². The largest absolute Gasteiger partial charge is 0.392 e. The Balaban J connectivity index is 1.07. The Labute approximate surface area is 611 Å². The normalized spacial score (nSPS) is 29.7. The lowest BCUT2D eigenvalue weighted by molar-refractivity contribution is -0.154. The maximum absolute atomic E-state index is 15.6. The van der Waals surface area contributed by atoms with E-state index in [0.717, 1.165) is 14.8 Å². The molecule has 0 bridgehead atoms. The fraction of sp³-hybridized carbons (Fsp3) is 0.681. The van der Waals surface area contributed by atoms with Crippen LogP contribution in [-0.4, -0.2) is 245 Å². The zero-order valence-corrected chi connectivity index (χ0v) is 62.6. The van der Waals surface area contributed by atoms with Crippen LogP contribution in [0.5, 0.6) is 0 Å². The standard InChI is InChI=1S/C72H110N16O17/c1-31(2)22-47(73-15)58(93)83-56(37(13)89)66(101)86-50(61(96)79-52(33(5)6)63(98)81-54(35(9)10)65(100)85-21-20-41(91)29-74-85)27-71(104)43-24-39(16-18-45(43)77-69(71)86)40-17-19-46-44(25-40)72(105)28-51-62(97)80-53(34(7)8)64(99)82-55(36(11)12)68(103)88-49(26-42(92)30-75-88)60(95)76-48(23-32(3)4)59(94)84-57(38(14)90)67(102)87(51)70(72)78-46/h16-19,24-25,31-38,41-42,47-57,69-70,73-75,77-78,89-92,104-105H,20-23,26-30H2,1-15H3,(H,76,95)(H,79,96)(H,80,97)(H,81,98)(H,82,99)(H,83,93)(H,84,94)/t37-,38-,41+,42+,47-,48-,49+,50-,51-,52+,53+,54-,55-,56+,57+,69-,70-,71+,72+/m0/s1. The summed E-state index contributed by atoms with van der Waals surface area (Å²) in [5.74, 6) is -11.6. The minimum atomic E-state index is -2.17. The van der Waals surface area contributed by atoms with Crippen LogP contribution < -0.4 is 64.0 Å². The van der Waals surface area contributed by atoms with E-state index >= 15 is 19.2 Å². The SMILES string of the molecule is CN[C@@H](CC(C)C)C(=O)N[C@@H](C(=O)N1[C@H](C(=O)N[C@@H](C(=O)N[C@H](C(=O)N2CC[C@@H](O)CN2)C(C)C)C(C)C)C[C@@]2(O)c3cc(-c4ccc5c(c4)[C@]4(O)C[C@H]6C(=O)N[C@H](C(C)C)C(=O)N[C@@H](C(C)C)C(=O)N7NC[C@H](O)C[C@@H]7C(=O)N[C@@H](CC(C)C)C(=O)N[C@H]([C@H](C)O)C(=O)N6[C@@H]4N5)ccc3N[C@@H]12)[C@H](C)O. The fourth-order valence-corrected chi connectivity index (χ4v) is 15.3. The van der Waals surface area contributed by atoms with Crippen LogP contribution in [0.3, 0.4) is 0 Å². The van der Waals surface area contributed by atoms with E-state index in [1.54, 1.807) is 113 Å². The summed E-state index contributed by atoms with van der Waals surface area (Å²) in [6, 6.07) is -5.68. The van der Waals surface area contributed by atoms with Gasteiger partial charge in [0, 0.05) is 61.4 Å². The molecule has 0 aromatic heterocycles. The molecule has 0 saturated carbocycles. The van der Waals surface area contributed by atoms with Crippen molar-refractivity contribution in [2.45, 2.75) is 250 Å². The number of carbonyl (C=O) groups excluding carboxylic acids is 11. The molecule has 0 spiro atoms. The molecular formula is C72H110N16O17. The van der Waals surface area contributed by atoms with Gasteiger partial charge in [-0.15, -0.1) is 0 Å². The monoisotopic (exact) mass is 1470 g/mol. The second-order valence-corrected chi connectivity index (χ2v) is 31.7. The zero-order chi connectivity index (χ0) is 77.5. The van der Waals surface area contributed by atoms with Gasteiger partial charge >= 0.3 is 0 Å². The Kier molecular flexibility index (Phi) is 25.1. The summed E-state index contributed by atoms with van der Waals surface area (Å²) < 4.78 is 0. The molecule has 33 heteroatoms. The summed E-state index contributed by atoms with van der Waals surface area (Å²) in [6.07, 6.45) is -8.68. The number of likely N-dealkylation sites (N-methyl/N-ethyl adjacent to an activating group) is 1. The van der Waals surface area contributed by atoms with Gasteiger partial charge in [0.25, 0.3) is 11.8 Å². The molecule has 11 amide bonds. The number of anilines is 2. The first-order valence-corrected chi connectivity index (χ1v) is 36.8. The third kappa shape index (κ3) is 16.7. The molecule has 0 radical (unpaired) electrons. The van der Waals surface area contributed by atoms with Crippen molar-refractivity contribution in [3.05, 3.63) is 47.5 Å². The molecule has 2 aromatic carbocycles. The smallest absolute Gasteiger partial charge is 0.260 e. The number of nitrogens with zero attached hydrogens (tertiary/aromatic N) is 4. The second kappa shape index (κ2) is 32.5. The summed E-state index contributed by atoms with van der Waals surface area (Å²) in [6.45, 7) is 23.5. The maximum atomic E-state index is 15.6. The summed E-state index contributed by atoms with van der Waals surface area (Å²) >= 11 is 0. The van der Waals surface area contributed by atoms with Crippen LogP contribution in [0.15, 0.2) is 36.4 Å². The lowest BCUT2D eigenvalue weighted by atomic mass is 9.86. The fourth-order valence-electron chi connectivity index (χ4n) is 15.3. The predicted molar refractivity (Wildman–Crippen MR) is 383 cm³/mol. The van der Waals surface area contributed by atoms with Crippen LogP contribution >= 0.6 is 0 Å². The zero-order valence-electron chi connectivity index (χ0n) is 62.6. The molecule has 9 rings (SSSR count). The number of aliphatic hydroxyl groups excluding tert-OH is 4. The van der Waals surface area contributed by atoms with Gasteiger partial charge < -0.3 is 93.6 Å². The number of β-amino-alcohol motifs (C(OH)–C–C–N with tert-alkyl or cyclic N) is 2. The van der Waals surface area contributed by atoms with E-state index in [2.05, 4.69) is 64.0 Å². The van der Waals surface area contributed by atoms with Gasteiger partial charge in [-0.1, -0.05) is 95.2 Å². The molecule has 0 aliphatic carbocycles. The van der Waals surface area contributed by atoms with Crippen molar-refractivity contribution < 1.29 is 83.4 Å². The molecule has 5 saturated heterocycles. The van der Waals surface area contributed by atoms with Crippen LogP contribution in [-0.2, 0) is 63.9 Å². The molecule has 105 heavy (non-hydrogen) atoms. The number of hydrogen-bond donors (Lipinski definition) is 18. The maximum Gasteiger partial charge on any atom is 0.260 e. The van der Waals surface area contributed by atoms with E-state index in [9.17, 15) is 64.2 Å². The number of nitrogens with one attached hydrogen (secondary N) is 12. The first kappa shape index (κ1) is 80.9. The molecule has 33 nitrogen and oxygen atoms in total. The number of hydrazine groups is 2. The molecule has 7 aliphatic heterocycles. The van der Waals surface area contributed by atoms with E-state index in [4.69, 9.17) is 0 Å². The molecule has 7 heterocycles. The number of amides is 11. The van der Waals surface area contributed by atoms with Crippen molar-refractivity contribution in [1.82, 2.24) is 73.2 Å². The van der Waals surface area contributed by atoms with E-state index in [1.165, 1.54) is 18.9 Å². The van der Waals surface area contributed by atoms with Crippen molar-refractivity contribution in [3.63, 3.8) is 0 Å². The Bertz CT molecular complexity index is 3620. The number of benzene rings is 2. The first-order chi connectivity index (χ1) is 49.2. The molecule has 0 unspecified atom stereocenters. The highest BCUT2D eigenvalue weighted by Gasteiger charge is 2.64. The highest BCUT2D eigenvalue weighted by Crippen LogP contribution is 2.53. The number of carbonyl (C=O) groups is 11. The van der Waals surface area contributed by atoms with Crippen molar-refractivity contribution in [2.75, 3.05) is 37.3 Å². The predicted octanol–water partition coefficient (Wildman–Crippen LogP) is -2.53. The van der Waals surface area contributed by atoms with Crippen molar-refractivity contribution >= 4 is 76.4 Å². The third-order valence-corrected chi connectivity index (χ3v) is 21.2. The van der Waals surface area contributed by atoms with Gasteiger partial charge in [-0.2, -0.15) is 0 Å². The van der Waals surface area contributed by atoms with Gasteiger partial charge in [-0.3, -0.25) is 62.8 Å². The van der Waals surface area contributed by atoms with Crippen molar-refractivity contribution in [2.24, 2.45) is 35.5 Å². The highest BCUT2D eigenvalue weighted by atomic mass is 16.3. The van der Waals surface area contributed by atoms with Gasteiger partial charge in [0.1, 0.15) is 84.0 Å². The summed E-state index contributed by atoms with van der Waals surface area (Å²) in [5.41, 5.74) is 3.14. The van der Waals surface area contributed by atoms with E-state index in [1.807, 2.05) is 13.8 Å². The van der Waals surface area contributed by atoms with E-state index in [-0.39, 0.29) is 55.4 Å². The molecule has 2 aromatic rings. The first-order valence-electron chi connectivity index (χ1n) is 36.8. The lowest BCUT2D eigenvalue weighted by Gasteiger charge is -2.40. The number of hydrogen-bond acceptors (Lipinski definition) is 22. The Morgan fingerprint density at radius 3 is 1.66 bits per heavy atom. The van der Waals surface area contributed by atoms with Gasteiger partial charge in [-0.05, 0) is 111 Å². The minimum Gasteiger partial charge on any atom is -0.392 e. The number of aliphatic hydroxyl groups is 6. The number of rotatable bonds is 20.